The fourth-order valence-electron chi connectivity index (χ4n) is 3.52. The highest BCUT2D eigenvalue weighted by Crippen LogP contribution is 2.39. The summed E-state index contributed by atoms with van der Waals surface area (Å²) in [5.74, 6) is -0.0722. The van der Waals surface area contributed by atoms with Gasteiger partial charge in [-0.3, -0.25) is 9.80 Å². The normalized spacial score (nSPS) is 25.1. The Morgan fingerprint density at radius 3 is 2.12 bits per heavy atom. The fourth-order valence-corrected chi connectivity index (χ4v) is 5.67. The van der Waals surface area contributed by atoms with Crippen LogP contribution in [0.1, 0.15) is 0 Å². The molecule has 2 fully saturated rings. The molecule has 24 heavy (non-hydrogen) atoms. The summed E-state index contributed by atoms with van der Waals surface area (Å²) in [6, 6.07) is 15.1. The molecular weight excluding hydrogens is 348 g/mol. The van der Waals surface area contributed by atoms with Crippen molar-refractivity contribution in [2.75, 3.05) is 21.3 Å². The minimum absolute atomic E-state index is 0.0285. The quantitative estimate of drug-likeness (QED) is 0.772. The largest absolute Gasteiger partial charge is 0.329 e. The molecule has 0 spiro atoms. The van der Waals surface area contributed by atoms with E-state index in [0.29, 0.717) is 16.4 Å². The maximum Gasteiger partial charge on any atom is 0.329 e. The van der Waals surface area contributed by atoms with Crippen LogP contribution in [0.4, 0.5) is 16.2 Å². The number of rotatable bonds is 2. The number of amides is 2. The molecule has 2 aromatic carbocycles. The molecule has 2 aliphatic heterocycles. The van der Waals surface area contributed by atoms with E-state index in [-0.39, 0.29) is 17.5 Å². The van der Waals surface area contributed by atoms with E-state index >= 15 is 0 Å². The van der Waals surface area contributed by atoms with Crippen molar-refractivity contribution in [2.45, 2.75) is 12.1 Å². The monoisotopic (exact) mass is 362 g/mol. The zero-order chi connectivity index (χ0) is 16.9. The highest BCUT2D eigenvalue weighted by Gasteiger charge is 2.54. The predicted molar refractivity (Wildman–Crippen MR) is 94.5 cm³/mol. The van der Waals surface area contributed by atoms with Gasteiger partial charge in [0, 0.05) is 5.69 Å². The van der Waals surface area contributed by atoms with E-state index in [1.54, 1.807) is 29.2 Å². The summed E-state index contributed by atoms with van der Waals surface area (Å²) in [6.07, 6.45) is 0. The van der Waals surface area contributed by atoms with E-state index in [4.69, 9.17) is 11.6 Å². The summed E-state index contributed by atoms with van der Waals surface area (Å²) in [5.41, 5.74) is 1.25. The summed E-state index contributed by atoms with van der Waals surface area (Å²) < 4.78 is 24.4. The molecule has 0 radical (unpaired) electrons. The number of urea groups is 1. The molecule has 124 valence electrons. The summed E-state index contributed by atoms with van der Waals surface area (Å²) in [5, 5.41) is 0.434. The van der Waals surface area contributed by atoms with Crippen LogP contribution in [-0.2, 0) is 9.84 Å². The van der Waals surface area contributed by atoms with Crippen LogP contribution in [-0.4, -0.2) is 38.0 Å². The van der Waals surface area contributed by atoms with E-state index < -0.39 is 21.9 Å². The van der Waals surface area contributed by atoms with Crippen molar-refractivity contribution >= 4 is 38.8 Å². The van der Waals surface area contributed by atoms with Crippen LogP contribution >= 0.6 is 11.6 Å². The van der Waals surface area contributed by atoms with E-state index in [9.17, 15) is 13.2 Å². The molecule has 0 N–H and O–H groups in total. The molecule has 0 aliphatic carbocycles. The summed E-state index contributed by atoms with van der Waals surface area (Å²) in [6.45, 7) is 0. The first-order valence-electron chi connectivity index (χ1n) is 7.60. The molecule has 2 heterocycles. The van der Waals surface area contributed by atoms with Gasteiger partial charge in [-0.05, 0) is 24.3 Å². The van der Waals surface area contributed by atoms with Gasteiger partial charge in [-0.15, -0.1) is 0 Å². The van der Waals surface area contributed by atoms with Gasteiger partial charge in [-0.2, -0.15) is 0 Å². The topological polar surface area (TPSA) is 57.7 Å². The number of benzene rings is 2. The minimum Gasteiger partial charge on any atom is -0.288 e. The van der Waals surface area contributed by atoms with E-state index in [2.05, 4.69) is 0 Å². The first kappa shape index (κ1) is 15.5. The fraction of sp³-hybridized carbons (Fsp3) is 0.235. The first-order valence-corrected chi connectivity index (χ1v) is 9.80. The van der Waals surface area contributed by atoms with Gasteiger partial charge in [0.1, 0.15) is 0 Å². The minimum atomic E-state index is -3.20. The van der Waals surface area contributed by atoms with Gasteiger partial charge in [0.25, 0.3) is 0 Å². The molecule has 0 saturated carbocycles. The van der Waals surface area contributed by atoms with Gasteiger partial charge in [-0.25, -0.2) is 13.2 Å². The molecule has 4 rings (SSSR count). The van der Waals surface area contributed by atoms with Gasteiger partial charge in [0.05, 0.1) is 34.3 Å². The average molecular weight is 363 g/mol. The molecule has 5 nitrogen and oxygen atoms in total. The number of anilines is 2. The lowest BCUT2D eigenvalue weighted by molar-refractivity contribution is 0.255. The average Bonchev–Trinajstić information content (AvgIpc) is 2.98. The third-order valence-corrected chi connectivity index (χ3v) is 6.53. The Balaban J connectivity index is 1.84. The van der Waals surface area contributed by atoms with Crippen LogP contribution in [0.3, 0.4) is 0 Å². The lowest BCUT2D eigenvalue weighted by Crippen LogP contribution is -2.38. The summed E-state index contributed by atoms with van der Waals surface area (Å²) in [4.78, 5) is 16.2. The second-order valence-electron chi connectivity index (χ2n) is 6.02. The Morgan fingerprint density at radius 1 is 0.875 bits per heavy atom. The Bertz CT molecular complexity index is 901. The van der Waals surface area contributed by atoms with Crippen LogP contribution in [0.2, 0.25) is 5.02 Å². The molecule has 2 atom stereocenters. The zero-order valence-corrected chi connectivity index (χ0v) is 14.2. The Morgan fingerprint density at radius 2 is 1.46 bits per heavy atom. The predicted octanol–water partition coefficient (Wildman–Crippen LogP) is 2.95. The third-order valence-electron chi connectivity index (χ3n) is 4.52. The van der Waals surface area contributed by atoms with Crippen LogP contribution in [0.25, 0.3) is 0 Å². The van der Waals surface area contributed by atoms with Gasteiger partial charge < -0.3 is 0 Å². The van der Waals surface area contributed by atoms with Crippen LogP contribution in [0.15, 0.2) is 54.6 Å². The molecule has 2 saturated heterocycles. The van der Waals surface area contributed by atoms with Crippen molar-refractivity contribution < 1.29 is 13.2 Å². The van der Waals surface area contributed by atoms with Crippen molar-refractivity contribution in [3.8, 4) is 0 Å². The van der Waals surface area contributed by atoms with E-state index in [0.717, 1.165) is 0 Å². The molecule has 0 bridgehead atoms. The summed E-state index contributed by atoms with van der Waals surface area (Å²) >= 11 is 6.26. The first-order chi connectivity index (χ1) is 11.5. The number of sulfone groups is 1. The molecule has 0 aromatic heterocycles. The molecule has 2 aliphatic rings. The second kappa shape index (κ2) is 5.50. The Kier molecular flexibility index (Phi) is 3.54. The number of nitrogens with zero attached hydrogens (tertiary/aromatic N) is 2. The molecule has 7 heteroatoms. The highest BCUT2D eigenvalue weighted by molar-refractivity contribution is 7.91. The molecule has 2 amide bonds. The van der Waals surface area contributed by atoms with E-state index in [1.165, 1.54) is 4.90 Å². The SMILES string of the molecule is O=C1N(c2ccccc2)[C@@H]2CS(=O)(=O)C[C@H]2N1c1ccccc1Cl. The number of hydrogen-bond donors (Lipinski definition) is 0. The maximum atomic E-state index is 13.1. The third kappa shape index (κ3) is 2.37. The van der Waals surface area contributed by atoms with Crippen molar-refractivity contribution in [1.29, 1.82) is 0 Å². The van der Waals surface area contributed by atoms with Crippen molar-refractivity contribution in [1.82, 2.24) is 0 Å². The second-order valence-corrected chi connectivity index (χ2v) is 8.58. The maximum absolute atomic E-state index is 13.1. The van der Waals surface area contributed by atoms with Crippen LogP contribution in [0, 0.1) is 0 Å². The lowest BCUT2D eigenvalue weighted by Gasteiger charge is -2.23. The number of carbonyl (C=O) groups excluding carboxylic acids is 1. The lowest BCUT2D eigenvalue weighted by atomic mass is 10.1. The van der Waals surface area contributed by atoms with Crippen LogP contribution in [0.5, 0.6) is 0 Å². The standard InChI is InChI=1S/C17H15ClN2O3S/c18-13-8-4-5-9-14(13)20-16-11-24(22,23)10-15(16)19(17(20)21)12-6-2-1-3-7-12/h1-9,15-16H,10-11H2/t15-,16-/m1/s1. The van der Waals surface area contributed by atoms with Crippen LogP contribution < -0.4 is 9.80 Å². The molecule has 2 aromatic rings. The number of carbonyl (C=O) groups is 1. The van der Waals surface area contributed by atoms with Gasteiger partial charge in [0.2, 0.25) is 0 Å². The van der Waals surface area contributed by atoms with Gasteiger partial charge in [0.15, 0.2) is 9.84 Å². The van der Waals surface area contributed by atoms with Crippen molar-refractivity contribution in [2.24, 2.45) is 0 Å². The smallest absolute Gasteiger partial charge is 0.288 e. The molecular formula is C17H15ClN2O3S. The van der Waals surface area contributed by atoms with Crippen molar-refractivity contribution in [3.05, 3.63) is 59.6 Å². The number of hydrogen-bond acceptors (Lipinski definition) is 3. The van der Waals surface area contributed by atoms with Crippen molar-refractivity contribution in [3.63, 3.8) is 0 Å². The molecule has 0 unspecified atom stereocenters. The van der Waals surface area contributed by atoms with Gasteiger partial charge >= 0.3 is 6.03 Å². The van der Waals surface area contributed by atoms with Gasteiger partial charge in [-0.1, -0.05) is 41.9 Å². The zero-order valence-electron chi connectivity index (χ0n) is 12.7. The Labute approximate surface area is 145 Å². The summed E-state index contributed by atoms with van der Waals surface area (Å²) in [7, 11) is -3.20. The number of fused-ring (bicyclic) bond motifs is 1. The number of para-hydroxylation sites is 2. The van der Waals surface area contributed by atoms with E-state index in [1.807, 2.05) is 30.3 Å². The highest BCUT2D eigenvalue weighted by atomic mass is 35.5. The Hall–Kier alpha value is -2.05. The number of halogens is 1.